The van der Waals surface area contributed by atoms with Crippen molar-refractivity contribution >= 4 is 17.3 Å². The second-order valence-corrected chi connectivity index (χ2v) is 5.61. The molecule has 100 valence electrons. The van der Waals surface area contributed by atoms with Gasteiger partial charge in [-0.05, 0) is 30.5 Å². The van der Waals surface area contributed by atoms with Gasteiger partial charge >= 0.3 is 0 Å². The number of rotatable bonds is 3. The van der Waals surface area contributed by atoms with Gasteiger partial charge in [0.15, 0.2) is 0 Å². The summed E-state index contributed by atoms with van der Waals surface area (Å²) >= 11 is 6.31. The summed E-state index contributed by atoms with van der Waals surface area (Å²) in [6.45, 7) is 0.0488. The first-order valence-corrected chi connectivity index (χ1v) is 7.22. The lowest BCUT2D eigenvalue weighted by Gasteiger charge is -2.30. The first-order valence-electron chi connectivity index (χ1n) is 6.84. The first kappa shape index (κ1) is 13.7. The number of hydrogen-bond acceptors (Lipinski definition) is 2. The topological polar surface area (TPSA) is 23.5 Å². The molecule has 3 heteroatoms. The molecule has 18 heavy (non-hydrogen) atoms. The molecule has 1 fully saturated rings. The van der Waals surface area contributed by atoms with E-state index < -0.39 is 0 Å². The highest BCUT2D eigenvalue weighted by Crippen LogP contribution is 2.31. The van der Waals surface area contributed by atoms with Gasteiger partial charge in [0.05, 0.1) is 17.3 Å². The Labute approximate surface area is 115 Å². The van der Waals surface area contributed by atoms with E-state index in [0.29, 0.717) is 6.04 Å². The standard InChI is InChI=1S/C15H22ClNO/c1-17(13-6-4-2-3-5-7-13)15-9-8-12(11-18)10-14(15)16/h8-10,13,18H,2-7,11H2,1H3. The molecule has 0 atom stereocenters. The number of aliphatic hydroxyl groups is 1. The lowest BCUT2D eigenvalue weighted by Crippen LogP contribution is -2.31. The van der Waals surface area contributed by atoms with Gasteiger partial charge in [0.25, 0.3) is 0 Å². The SMILES string of the molecule is CN(c1ccc(CO)cc1Cl)C1CCCCCC1. The van der Waals surface area contributed by atoms with E-state index in [2.05, 4.69) is 11.9 Å². The van der Waals surface area contributed by atoms with Crippen LogP contribution in [-0.4, -0.2) is 18.2 Å². The summed E-state index contributed by atoms with van der Waals surface area (Å²) in [4.78, 5) is 2.31. The van der Waals surface area contributed by atoms with Crippen LogP contribution in [0.5, 0.6) is 0 Å². The summed E-state index contributed by atoms with van der Waals surface area (Å²) in [6.07, 6.45) is 7.88. The van der Waals surface area contributed by atoms with E-state index in [9.17, 15) is 0 Å². The number of benzene rings is 1. The van der Waals surface area contributed by atoms with Crippen LogP contribution in [-0.2, 0) is 6.61 Å². The Morgan fingerprint density at radius 1 is 1.22 bits per heavy atom. The molecule has 0 bridgehead atoms. The van der Waals surface area contributed by atoms with Crippen molar-refractivity contribution in [2.45, 2.75) is 51.2 Å². The maximum Gasteiger partial charge on any atom is 0.0682 e. The smallest absolute Gasteiger partial charge is 0.0682 e. The summed E-state index contributed by atoms with van der Waals surface area (Å²) in [5.74, 6) is 0. The third kappa shape index (κ3) is 3.18. The second kappa shape index (κ2) is 6.44. The van der Waals surface area contributed by atoms with Crippen molar-refractivity contribution in [3.05, 3.63) is 28.8 Å². The molecule has 1 saturated carbocycles. The van der Waals surface area contributed by atoms with E-state index in [1.165, 1.54) is 38.5 Å². The van der Waals surface area contributed by atoms with Crippen LogP contribution in [0.4, 0.5) is 5.69 Å². The van der Waals surface area contributed by atoms with Crippen molar-refractivity contribution in [2.24, 2.45) is 0 Å². The number of anilines is 1. The molecule has 1 aliphatic carbocycles. The van der Waals surface area contributed by atoms with Crippen LogP contribution in [0.15, 0.2) is 18.2 Å². The van der Waals surface area contributed by atoms with Gasteiger partial charge in [-0.2, -0.15) is 0 Å². The summed E-state index contributed by atoms with van der Waals surface area (Å²) in [6, 6.07) is 6.45. The van der Waals surface area contributed by atoms with E-state index in [0.717, 1.165) is 16.3 Å². The van der Waals surface area contributed by atoms with Crippen molar-refractivity contribution in [3.8, 4) is 0 Å². The highest BCUT2D eigenvalue weighted by molar-refractivity contribution is 6.33. The molecule has 0 saturated heterocycles. The fourth-order valence-corrected chi connectivity index (χ4v) is 3.11. The van der Waals surface area contributed by atoms with Crippen molar-refractivity contribution in [1.82, 2.24) is 0 Å². The monoisotopic (exact) mass is 267 g/mol. The van der Waals surface area contributed by atoms with Crippen LogP contribution in [0.3, 0.4) is 0 Å². The predicted molar refractivity (Wildman–Crippen MR) is 77.3 cm³/mol. The molecule has 0 amide bonds. The number of aliphatic hydroxyl groups excluding tert-OH is 1. The molecule has 1 N–H and O–H groups in total. The molecule has 0 aromatic heterocycles. The Bertz CT molecular complexity index is 386. The Kier molecular flexibility index (Phi) is 4.90. The Morgan fingerprint density at radius 3 is 2.44 bits per heavy atom. The van der Waals surface area contributed by atoms with Gasteiger partial charge in [-0.1, -0.05) is 43.4 Å². The molecule has 0 radical (unpaired) electrons. The first-order chi connectivity index (χ1) is 8.72. The molecule has 1 aliphatic rings. The average Bonchev–Trinajstić information content (AvgIpc) is 2.66. The summed E-state index contributed by atoms with van der Waals surface area (Å²) in [7, 11) is 2.13. The van der Waals surface area contributed by atoms with E-state index in [-0.39, 0.29) is 6.61 Å². The third-order valence-corrected chi connectivity index (χ3v) is 4.25. The van der Waals surface area contributed by atoms with Crippen LogP contribution >= 0.6 is 11.6 Å². The zero-order valence-electron chi connectivity index (χ0n) is 11.0. The molecular formula is C15H22ClNO. The predicted octanol–water partition coefficient (Wildman–Crippen LogP) is 3.99. The highest BCUT2D eigenvalue weighted by atomic mass is 35.5. The Balaban J connectivity index is 2.14. The van der Waals surface area contributed by atoms with Crippen molar-refractivity contribution < 1.29 is 5.11 Å². The molecule has 0 heterocycles. The molecular weight excluding hydrogens is 246 g/mol. The molecule has 2 rings (SSSR count). The molecule has 0 spiro atoms. The third-order valence-electron chi connectivity index (χ3n) is 3.95. The van der Waals surface area contributed by atoms with Gasteiger partial charge in [0, 0.05) is 13.1 Å². The molecule has 1 aromatic carbocycles. The van der Waals surface area contributed by atoms with Gasteiger partial charge in [-0.15, -0.1) is 0 Å². The average molecular weight is 268 g/mol. The van der Waals surface area contributed by atoms with Gasteiger partial charge in [0.2, 0.25) is 0 Å². The summed E-state index contributed by atoms with van der Waals surface area (Å²) < 4.78 is 0. The van der Waals surface area contributed by atoms with Crippen molar-refractivity contribution in [1.29, 1.82) is 0 Å². The normalized spacial score (nSPS) is 17.5. The zero-order valence-corrected chi connectivity index (χ0v) is 11.8. The van der Waals surface area contributed by atoms with Gasteiger partial charge in [0.1, 0.15) is 0 Å². The van der Waals surface area contributed by atoms with Gasteiger partial charge in [-0.3, -0.25) is 0 Å². The molecule has 2 nitrogen and oxygen atoms in total. The van der Waals surface area contributed by atoms with Crippen LogP contribution < -0.4 is 4.90 Å². The second-order valence-electron chi connectivity index (χ2n) is 5.20. The molecule has 0 unspecified atom stereocenters. The molecule has 1 aromatic rings. The van der Waals surface area contributed by atoms with Crippen LogP contribution in [0, 0.1) is 0 Å². The Morgan fingerprint density at radius 2 is 1.89 bits per heavy atom. The van der Waals surface area contributed by atoms with E-state index in [1.54, 1.807) is 0 Å². The fourth-order valence-electron chi connectivity index (χ4n) is 2.78. The molecule has 0 aliphatic heterocycles. The van der Waals surface area contributed by atoms with Crippen molar-refractivity contribution in [2.75, 3.05) is 11.9 Å². The number of nitrogens with zero attached hydrogens (tertiary/aromatic N) is 1. The van der Waals surface area contributed by atoms with Crippen molar-refractivity contribution in [3.63, 3.8) is 0 Å². The van der Waals surface area contributed by atoms with Crippen LogP contribution in [0.2, 0.25) is 5.02 Å². The maximum atomic E-state index is 9.11. The van der Waals surface area contributed by atoms with Crippen LogP contribution in [0.1, 0.15) is 44.1 Å². The number of halogens is 1. The highest BCUT2D eigenvalue weighted by Gasteiger charge is 2.18. The lowest BCUT2D eigenvalue weighted by atomic mass is 10.1. The van der Waals surface area contributed by atoms with E-state index in [4.69, 9.17) is 16.7 Å². The minimum absolute atomic E-state index is 0.0488. The maximum absolute atomic E-state index is 9.11. The quantitative estimate of drug-likeness (QED) is 0.837. The van der Waals surface area contributed by atoms with E-state index >= 15 is 0 Å². The number of hydrogen-bond donors (Lipinski definition) is 1. The van der Waals surface area contributed by atoms with E-state index in [1.807, 2.05) is 18.2 Å². The minimum atomic E-state index is 0.0488. The van der Waals surface area contributed by atoms with Gasteiger partial charge < -0.3 is 10.0 Å². The zero-order chi connectivity index (χ0) is 13.0. The lowest BCUT2D eigenvalue weighted by molar-refractivity contribution is 0.282. The summed E-state index contributed by atoms with van der Waals surface area (Å²) in [5.41, 5.74) is 1.96. The van der Waals surface area contributed by atoms with Gasteiger partial charge in [-0.25, -0.2) is 0 Å². The van der Waals surface area contributed by atoms with Crippen LogP contribution in [0.25, 0.3) is 0 Å². The minimum Gasteiger partial charge on any atom is -0.392 e. The Hall–Kier alpha value is -0.730. The largest absolute Gasteiger partial charge is 0.392 e. The summed E-state index contributed by atoms with van der Waals surface area (Å²) in [5, 5.41) is 9.85. The fraction of sp³-hybridized carbons (Fsp3) is 0.600.